The highest BCUT2D eigenvalue weighted by Gasteiger charge is 2.10. The SMILES string of the molecule is Cc1cc(C(=O)NCc2nnc3ccccn23)cc(Cl)n1. The second kappa shape index (κ2) is 5.49. The quantitative estimate of drug-likeness (QED) is 0.751. The fourth-order valence-electron chi connectivity index (χ4n) is 2.03. The number of aromatic nitrogens is 4. The third-order valence-corrected chi connectivity index (χ3v) is 3.17. The van der Waals surface area contributed by atoms with Gasteiger partial charge in [0.2, 0.25) is 0 Å². The molecule has 7 heteroatoms. The number of amides is 1. The Morgan fingerprint density at radius 1 is 1.33 bits per heavy atom. The summed E-state index contributed by atoms with van der Waals surface area (Å²) in [5, 5.41) is 11.2. The Balaban J connectivity index is 1.76. The third-order valence-electron chi connectivity index (χ3n) is 2.98. The molecule has 0 fully saturated rings. The number of hydrogen-bond donors (Lipinski definition) is 1. The average Bonchev–Trinajstić information content (AvgIpc) is 2.87. The molecular formula is C14H12ClN5O. The highest BCUT2D eigenvalue weighted by Crippen LogP contribution is 2.10. The monoisotopic (exact) mass is 301 g/mol. The first-order valence-electron chi connectivity index (χ1n) is 6.34. The van der Waals surface area contributed by atoms with Gasteiger partial charge in [0.25, 0.3) is 5.91 Å². The highest BCUT2D eigenvalue weighted by molar-refractivity contribution is 6.29. The van der Waals surface area contributed by atoms with E-state index in [0.29, 0.717) is 22.2 Å². The van der Waals surface area contributed by atoms with Crippen LogP contribution in [-0.4, -0.2) is 25.5 Å². The number of rotatable bonds is 3. The molecule has 0 unspecified atom stereocenters. The van der Waals surface area contributed by atoms with Gasteiger partial charge in [-0.2, -0.15) is 0 Å². The van der Waals surface area contributed by atoms with Crippen LogP contribution in [0.15, 0.2) is 36.5 Å². The Bertz CT molecular complexity index is 794. The van der Waals surface area contributed by atoms with Gasteiger partial charge in [0.1, 0.15) is 5.15 Å². The van der Waals surface area contributed by atoms with Crippen LogP contribution in [0.4, 0.5) is 0 Å². The summed E-state index contributed by atoms with van der Waals surface area (Å²) in [6.45, 7) is 2.07. The molecule has 6 nitrogen and oxygen atoms in total. The molecule has 0 aliphatic carbocycles. The predicted molar refractivity (Wildman–Crippen MR) is 78.1 cm³/mol. The number of hydrogen-bond acceptors (Lipinski definition) is 4. The van der Waals surface area contributed by atoms with Gasteiger partial charge < -0.3 is 5.32 Å². The van der Waals surface area contributed by atoms with Crippen LogP contribution in [0.25, 0.3) is 5.65 Å². The smallest absolute Gasteiger partial charge is 0.251 e. The van der Waals surface area contributed by atoms with Crippen molar-refractivity contribution in [1.29, 1.82) is 0 Å². The zero-order chi connectivity index (χ0) is 14.8. The highest BCUT2D eigenvalue weighted by atomic mass is 35.5. The molecule has 3 aromatic rings. The summed E-state index contributed by atoms with van der Waals surface area (Å²) >= 11 is 5.85. The van der Waals surface area contributed by atoms with Crippen molar-refractivity contribution in [3.63, 3.8) is 0 Å². The first kappa shape index (κ1) is 13.5. The first-order chi connectivity index (χ1) is 10.1. The van der Waals surface area contributed by atoms with Gasteiger partial charge in [0.15, 0.2) is 11.5 Å². The number of carbonyl (C=O) groups is 1. The van der Waals surface area contributed by atoms with E-state index in [9.17, 15) is 4.79 Å². The molecule has 3 heterocycles. The molecule has 3 rings (SSSR count). The molecule has 0 bridgehead atoms. The maximum absolute atomic E-state index is 12.1. The summed E-state index contributed by atoms with van der Waals surface area (Å²) in [4.78, 5) is 16.2. The minimum absolute atomic E-state index is 0.227. The Morgan fingerprint density at radius 3 is 3.00 bits per heavy atom. The summed E-state index contributed by atoms with van der Waals surface area (Å²) in [6.07, 6.45) is 1.85. The number of carbonyl (C=O) groups excluding carboxylic acids is 1. The van der Waals surface area contributed by atoms with Crippen molar-refractivity contribution in [2.75, 3.05) is 0 Å². The Kier molecular flexibility index (Phi) is 3.53. The van der Waals surface area contributed by atoms with Crippen molar-refractivity contribution in [3.8, 4) is 0 Å². The van der Waals surface area contributed by atoms with Crippen molar-refractivity contribution in [1.82, 2.24) is 24.9 Å². The second-order valence-electron chi connectivity index (χ2n) is 4.55. The second-order valence-corrected chi connectivity index (χ2v) is 4.93. The maximum Gasteiger partial charge on any atom is 0.251 e. The number of fused-ring (bicyclic) bond motifs is 1. The number of pyridine rings is 2. The Labute approximate surface area is 125 Å². The average molecular weight is 302 g/mol. The van der Waals surface area contributed by atoms with Gasteiger partial charge in [-0.1, -0.05) is 17.7 Å². The van der Waals surface area contributed by atoms with E-state index in [-0.39, 0.29) is 12.5 Å². The van der Waals surface area contributed by atoms with Crippen LogP contribution >= 0.6 is 11.6 Å². The predicted octanol–water partition coefficient (Wildman–Crippen LogP) is 2.02. The lowest BCUT2D eigenvalue weighted by molar-refractivity contribution is 0.0949. The minimum atomic E-state index is -0.227. The van der Waals surface area contributed by atoms with E-state index in [1.807, 2.05) is 28.8 Å². The van der Waals surface area contributed by atoms with E-state index >= 15 is 0 Å². The van der Waals surface area contributed by atoms with Crippen molar-refractivity contribution in [3.05, 3.63) is 58.8 Å². The van der Waals surface area contributed by atoms with E-state index in [4.69, 9.17) is 11.6 Å². The lowest BCUT2D eigenvalue weighted by Gasteiger charge is -2.05. The Morgan fingerprint density at radius 2 is 2.19 bits per heavy atom. The van der Waals surface area contributed by atoms with E-state index in [0.717, 1.165) is 5.65 Å². The van der Waals surface area contributed by atoms with E-state index in [1.165, 1.54) is 6.07 Å². The fraction of sp³-hybridized carbons (Fsp3) is 0.143. The molecule has 0 atom stereocenters. The van der Waals surface area contributed by atoms with Crippen LogP contribution in [0.1, 0.15) is 21.9 Å². The molecule has 0 radical (unpaired) electrons. The molecule has 0 spiro atoms. The molecule has 0 aliphatic rings. The van der Waals surface area contributed by atoms with Crippen LogP contribution in [0.3, 0.4) is 0 Å². The number of aryl methyl sites for hydroxylation is 1. The van der Waals surface area contributed by atoms with Crippen LogP contribution in [0.5, 0.6) is 0 Å². The lowest BCUT2D eigenvalue weighted by Crippen LogP contribution is -2.24. The summed E-state index contributed by atoms with van der Waals surface area (Å²) in [7, 11) is 0. The zero-order valence-corrected chi connectivity index (χ0v) is 12.0. The molecule has 0 saturated carbocycles. The molecule has 0 aliphatic heterocycles. The van der Waals surface area contributed by atoms with Crippen LogP contribution in [0, 0.1) is 6.92 Å². The molecule has 1 N–H and O–H groups in total. The fourth-order valence-corrected chi connectivity index (χ4v) is 2.28. The van der Waals surface area contributed by atoms with Crippen molar-refractivity contribution >= 4 is 23.2 Å². The van der Waals surface area contributed by atoms with Crippen LogP contribution < -0.4 is 5.32 Å². The number of nitrogens with zero attached hydrogens (tertiary/aromatic N) is 4. The normalized spacial score (nSPS) is 10.8. The van der Waals surface area contributed by atoms with E-state index < -0.39 is 0 Å². The summed E-state index contributed by atoms with van der Waals surface area (Å²) in [5.74, 6) is 0.436. The summed E-state index contributed by atoms with van der Waals surface area (Å²) < 4.78 is 1.82. The van der Waals surface area contributed by atoms with Gasteiger partial charge >= 0.3 is 0 Å². The molecule has 1 amide bonds. The standard InChI is InChI=1S/C14H12ClN5O/c1-9-6-10(7-11(15)17-9)14(21)16-8-13-19-18-12-4-2-3-5-20(12)13/h2-7H,8H2,1H3,(H,16,21). The largest absolute Gasteiger partial charge is 0.345 e. The topological polar surface area (TPSA) is 72.2 Å². The lowest BCUT2D eigenvalue weighted by atomic mass is 10.2. The van der Waals surface area contributed by atoms with Crippen molar-refractivity contribution < 1.29 is 4.79 Å². The van der Waals surface area contributed by atoms with Gasteiger partial charge in [-0.15, -0.1) is 10.2 Å². The number of nitrogens with one attached hydrogen (secondary N) is 1. The van der Waals surface area contributed by atoms with Gasteiger partial charge in [-0.3, -0.25) is 9.20 Å². The third kappa shape index (κ3) is 2.85. The van der Waals surface area contributed by atoms with Gasteiger partial charge in [-0.05, 0) is 31.2 Å². The van der Waals surface area contributed by atoms with Crippen LogP contribution in [0.2, 0.25) is 5.15 Å². The molecule has 106 valence electrons. The van der Waals surface area contributed by atoms with Crippen molar-refractivity contribution in [2.24, 2.45) is 0 Å². The maximum atomic E-state index is 12.1. The Hall–Kier alpha value is -2.47. The molecular weight excluding hydrogens is 290 g/mol. The van der Waals surface area contributed by atoms with Crippen LogP contribution in [-0.2, 0) is 6.54 Å². The van der Waals surface area contributed by atoms with Gasteiger partial charge in [-0.25, -0.2) is 4.98 Å². The molecule has 0 aromatic carbocycles. The van der Waals surface area contributed by atoms with Crippen molar-refractivity contribution in [2.45, 2.75) is 13.5 Å². The minimum Gasteiger partial charge on any atom is -0.345 e. The molecule has 3 aromatic heterocycles. The number of halogens is 1. The molecule has 21 heavy (non-hydrogen) atoms. The van der Waals surface area contributed by atoms with E-state index in [1.54, 1.807) is 13.0 Å². The van der Waals surface area contributed by atoms with Gasteiger partial charge in [0.05, 0.1) is 6.54 Å². The summed E-state index contributed by atoms with van der Waals surface area (Å²) in [6, 6.07) is 8.83. The van der Waals surface area contributed by atoms with E-state index in [2.05, 4.69) is 20.5 Å². The van der Waals surface area contributed by atoms with Gasteiger partial charge in [0, 0.05) is 17.5 Å². The zero-order valence-electron chi connectivity index (χ0n) is 11.2. The summed E-state index contributed by atoms with van der Waals surface area (Å²) in [5.41, 5.74) is 1.91. The first-order valence-corrected chi connectivity index (χ1v) is 6.72. The molecule has 0 saturated heterocycles.